The van der Waals surface area contributed by atoms with Crippen molar-refractivity contribution < 1.29 is 9.47 Å². The Morgan fingerprint density at radius 3 is 2.26 bits per heavy atom. The monoisotopic (exact) mass is 309 g/mol. The maximum Gasteiger partial charge on any atom is 0.119 e. The van der Waals surface area contributed by atoms with E-state index in [0.29, 0.717) is 18.0 Å². The van der Waals surface area contributed by atoms with Crippen molar-refractivity contribution in [3.05, 3.63) is 58.7 Å². The summed E-state index contributed by atoms with van der Waals surface area (Å²) in [6, 6.07) is 14.0. The second-order valence-corrected chi connectivity index (χ2v) is 6.66. The minimum atomic E-state index is 0.356. The average Bonchev–Trinajstić information content (AvgIpc) is 2.79. The summed E-state index contributed by atoms with van der Waals surface area (Å²) in [5.41, 5.74) is 5.68. The van der Waals surface area contributed by atoms with Gasteiger partial charge in [0, 0.05) is 18.0 Å². The van der Waals surface area contributed by atoms with Crippen molar-refractivity contribution in [2.24, 2.45) is 0 Å². The number of hydrogen-bond acceptors (Lipinski definition) is 3. The number of ether oxygens (including phenoxy) is 2. The van der Waals surface area contributed by atoms with Gasteiger partial charge in [0.15, 0.2) is 0 Å². The van der Waals surface area contributed by atoms with Crippen molar-refractivity contribution in [1.29, 1.82) is 0 Å². The van der Waals surface area contributed by atoms with Crippen LogP contribution in [0.25, 0.3) is 0 Å². The molecule has 0 saturated heterocycles. The number of likely N-dealkylation sites (N-methyl/N-ethyl adjacent to an activating group) is 1. The molecule has 3 heteroatoms. The van der Waals surface area contributed by atoms with Gasteiger partial charge in [-0.2, -0.15) is 0 Å². The second kappa shape index (κ2) is 5.27. The molecule has 2 aliphatic heterocycles. The van der Waals surface area contributed by atoms with Crippen molar-refractivity contribution >= 4 is 0 Å². The molecular formula is C20H23NO2. The van der Waals surface area contributed by atoms with E-state index in [2.05, 4.69) is 55.3 Å². The summed E-state index contributed by atoms with van der Waals surface area (Å²) in [5.74, 6) is 2.23. The number of nitrogens with zero attached hydrogens (tertiary/aromatic N) is 1. The fourth-order valence-electron chi connectivity index (χ4n) is 4.32. The van der Waals surface area contributed by atoms with Crippen LogP contribution in [0.5, 0.6) is 11.5 Å². The van der Waals surface area contributed by atoms with Gasteiger partial charge in [0.05, 0.1) is 14.2 Å². The Kier molecular flexibility index (Phi) is 3.34. The Labute approximate surface area is 137 Å². The van der Waals surface area contributed by atoms with Gasteiger partial charge in [-0.3, -0.25) is 4.90 Å². The Bertz CT molecular complexity index is 755. The molecule has 0 radical (unpaired) electrons. The van der Waals surface area contributed by atoms with Crippen LogP contribution in [0.1, 0.15) is 41.1 Å². The second-order valence-electron chi connectivity index (χ2n) is 6.66. The van der Waals surface area contributed by atoms with Crippen LogP contribution in [0.4, 0.5) is 0 Å². The predicted octanol–water partition coefficient (Wildman–Crippen LogP) is 3.77. The third-order valence-electron chi connectivity index (χ3n) is 5.71. The molecule has 2 aromatic rings. The van der Waals surface area contributed by atoms with E-state index < -0.39 is 0 Å². The summed E-state index contributed by atoms with van der Waals surface area (Å²) < 4.78 is 11.0. The van der Waals surface area contributed by atoms with E-state index in [4.69, 9.17) is 9.47 Å². The first-order chi connectivity index (χ1) is 11.1. The van der Waals surface area contributed by atoms with Crippen LogP contribution >= 0.6 is 0 Å². The van der Waals surface area contributed by atoms with Crippen molar-refractivity contribution in [1.82, 2.24) is 4.90 Å². The first-order valence-electron chi connectivity index (χ1n) is 8.20. The molecule has 0 unspecified atom stereocenters. The Morgan fingerprint density at radius 2 is 1.57 bits per heavy atom. The molecule has 1 aliphatic carbocycles. The van der Waals surface area contributed by atoms with Gasteiger partial charge in [-0.05, 0) is 66.9 Å². The summed E-state index contributed by atoms with van der Waals surface area (Å²) in [7, 11) is 5.73. The lowest BCUT2D eigenvalue weighted by Crippen LogP contribution is -2.41. The highest BCUT2D eigenvalue weighted by molar-refractivity contribution is 5.53. The number of benzene rings is 2. The highest BCUT2D eigenvalue weighted by Crippen LogP contribution is 2.49. The van der Waals surface area contributed by atoms with Crippen LogP contribution in [-0.4, -0.2) is 32.2 Å². The molecule has 23 heavy (non-hydrogen) atoms. The molecule has 2 bridgehead atoms. The highest BCUT2D eigenvalue weighted by Gasteiger charge is 2.41. The summed E-state index contributed by atoms with van der Waals surface area (Å²) in [6.07, 6.45) is 1.05. The van der Waals surface area contributed by atoms with Gasteiger partial charge in [0.2, 0.25) is 0 Å². The normalized spacial score (nSPS) is 25.5. The molecule has 0 amide bonds. The lowest BCUT2D eigenvalue weighted by Gasteiger charge is -2.42. The molecule has 0 saturated carbocycles. The quantitative estimate of drug-likeness (QED) is 0.843. The molecule has 3 aliphatic rings. The lowest BCUT2D eigenvalue weighted by atomic mass is 9.79. The third-order valence-corrected chi connectivity index (χ3v) is 5.71. The smallest absolute Gasteiger partial charge is 0.119 e. The topological polar surface area (TPSA) is 21.7 Å². The zero-order chi connectivity index (χ0) is 16.1. The SMILES string of the molecule is COc1ccc2c(c1)[C@H]1c3cc(OC)ccc3[C@@H](C2)N(C)[C@@H]1C. The van der Waals surface area contributed by atoms with E-state index in [-0.39, 0.29) is 0 Å². The van der Waals surface area contributed by atoms with Gasteiger partial charge >= 0.3 is 0 Å². The average molecular weight is 309 g/mol. The van der Waals surface area contributed by atoms with Crippen molar-refractivity contribution in [3.8, 4) is 11.5 Å². The maximum atomic E-state index is 5.49. The molecule has 3 nitrogen and oxygen atoms in total. The number of rotatable bonds is 2. The van der Waals surface area contributed by atoms with Crippen LogP contribution in [0.15, 0.2) is 36.4 Å². The Morgan fingerprint density at radius 1 is 0.913 bits per heavy atom. The first-order valence-corrected chi connectivity index (χ1v) is 8.20. The molecule has 2 aromatic carbocycles. The molecule has 120 valence electrons. The van der Waals surface area contributed by atoms with Gasteiger partial charge < -0.3 is 9.47 Å². The molecule has 0 fully saturated rings. The number of fused-ring (bicyclic) bond motifs is 1. The van der Waals surface area contributed by atoms with Gasteiger partial charge in [-0.25, -0.2) is 0 Å². The summed E-state index contributed by atoms with van der Waals surface area (Å²) in [5, 5.41) is 0. The summed E-state index contributed by atoms with van der Waals surface area (Å²) >= 11 is 0. The maximum absolute atomic E-state index is 5.49. The van der Waals surface area contributed by atoms with Crippen molar-refractivity contribution in [3.63, 3.8) is 0 Å². The van der Waals surface area contributed by atoms with Crippen molar-refractivity contribution in [2.75, 3.05) is 21.3 Å². The fraction of sp³-hybridized carbons (Fsp3) is 0.400. The largest absolute Gasteiger partial charge is 0.497 e. The third kappa shape index (κ3) is 2.07. The molecule has 5 rings (SSSR count). The molecule has 3 atom stereocenters. The van der Waals surface area contributed by atoms with Gasteiger partial charge in [0.1, 0.15) is 11.5 Å². The predicted molar refractivity (Wildman–Crippen MR) is 91.5 cm³/mol. The Balaban J connectivity index is 1.97. The zero-order valence-electron chi connectivity index (χ0n) is 14.2. The van der Waals surface area contributed by atoms with Crippen LogP contribution in [0, 0.1) is 0 Å². The van der Waals surface area contributed by atoms with Gasteiger partial charge in [0.25, 0.3) is 0 Å². The van der Waals surface area contributed by atoms with Crippen LogP contribution in [0.3, 0.4) is 0 Å². The summed E-state index contributed by atoms with van der Waals surface area (Å²) in [4.78, 5) is 2.52. The van der Waals surface area contributed by atoms with Crippen LogP contribution in [0.2, 0.25) is 0 Å². The molecule has 2 heterocycles. The van der Waals surface area contributed by atoms with E-state index >= 15 is 0 Å². The molecule has 0 spiro atoms. The van der Waals surface area contributed by atoms with E-state index in [0.717, 1.165) is 17.9 Å². The number of hydrogen-bond donors (Lipinski definition) is 0. The van der Waals surface area contributed by atoms with Crippen LogP contribution in [-0.2, 0) is 6.42 Å². The molecule has 0 N–H and O–H groups in total. The van der Waals surface area contributed by atoms with Gasteiger partial charge in [-0.15, -0.1) is 0 Å². The fourth-order valence-corrected chi connectivity index (χ4v) is 4.32. The number of methoxy groups -OCH3 is 2. The van der Waals surface area contributed by atoms with E-state index in [1.165, 1.54) is 22.3 Å². The summed E-state index contributed by atoms with van der Waals surface area (Å²) in [6.45, 7) is 2.33. The molecular weight excluding hydrogens is 286 g/mol. The Hall–Kier alpha value is -2.00. The minimum Gasteiger partial charge on any atom is -0.497 e. The first kappa shape index (κ1) is 14.6. The minimum absolute atomic E-state index is 0.356. The molecule has 0 aromatic heterocycles. The van der Waals surface area contributed by atoms with Gasteiger partial charge in [-0.1, -0.05) is 12.1 Å². The van der Waals surface area contributed by atoms with E-state index in [1.807, 2.05) is 0 Å². The standard InChI is InChI=1S/C20H23NO2/c1-12-20-17-10-14(22-3)6-5-13(17)9-19(21(12)2)16-8-7-15(23-4)11-18(16)20/h5-8,10-12,19-20H,9H2,1-4H3/t12-,19-,20+/m1/s1. The lowest BCUT2D eigenvalue weighted by molar-refractivity contribution is 0.160. The zero-order valence-corrected chi connectivity index (χ0v) is 14.2. The highest BCUT2D eigenvalue weighted by atomic mass is 16.5. The van der Waals surface area contributed by atoms with E-state index in [9.17, 15) is 0 Å². The van der Waals surface area contributed by atoms with E-state index in [1.54, 1.807) is 14.2 Å². The van der Waals surface area contributed by atoms with Crippen LogP contribution < -0.4 is 9.47 Å². The van der Waals surface area contributed by atoms with Crippen molar-refractivity contribution in [2.45, 2.75) is 31.3 Å².